The van der Waals surface area contributed by atoms with Crippen LogP contribution in [-0.2, 0) is 19.6 Å². The fourth-order valence-corrected chi connectivity index (χ4v) is 1.30. The van der Waals surface area contributed by atoms with Gasteiger partial charge in [-0.05, 0) is 13.3 Å². The molecular weight excluding hydrogens is 227 g/mol. The molecule has 7 heteroatoms. The number of carbonyl (C=O) groups is 1. The smallest absolute Gasteiger partial charge is 0.309 e. The second-order valence-corrected chi connectivity index (χ2v) is 4.80. The Morgan fingerprint density at radius 1 is 1.47 bits per heavy atom. The summed E-state index contributed by atoms with van der Waals surface area (Å²) >= 11 is 0. The first-order chi connectivity index (χ1) is 6.70. The molecule has 0 aliphatic heterocycles. The highest BCUT2D eigenvalue weighted by Gasteiger charge is 2.32. The lowest BCUT2D eigenvalue weighted by Gasteiger charge is -2.17. The van der Waals surface area contributed by atoms with Crippen LogP contribution in [0.3, 0.4) is 0 Å². The molecule has 0 amide bonds. The lowest BCUT2D eigenvalue weighted by Crippen LogP contribution is -2.33. The highest BCUT2D eigenvalue weighted by molar-refractivity contribution is 7.86. The van der Waals surface area contributed by atoms with Crippen LogP contribution in [0.1, 0.15) is 27.2 Å². The number of rotatable bonds is 5. The summed E-state index contributed by atoms with van der Waals surface area (Å²) < 4.78 is 46.6. The molecule has 0 fully saturated rings. The number of ether oxygens (including phenoxy) is 1. The summed E-state index contributed by atoms with van der Waals surface area (Å²) in [5, 5.41) is 0. The van der Waals surface area contributed by atoms with Crippen molar-refractivity contribution in [1.29, 1.82) is 0 Å². The molecular formula is C8H15FO5S. The number of halogens is 1. The largest absolute Gasteiger partial charge is 0.458 e. The van der Waals surface area contributed by atoms with E-state index in [2.05, 4.69) is 4.74 Å². The molecule has 0 aromatic rings. The van der Waals surface area contributed by atoms with Crippen LogP contribution < -0.4 is 0 Å². The fraction of sp³-hybridized carbons (Fsp3) is 0.875. The van der Waals surface area contributed by atoms with Crippen molar-refractivity contribution in [3.63, 3.8) is 0 Å². The molecule has 5 nitrogen and oxygen atoms in total. The van der Waals surface area contributed by atoms with Crippen LogP contribution in [0, 0.1) is 5.92 Å². The number of esters is 1. The van der Waals surface area contributed by atoms with Crippen molar-refractivity contribution in [2.45, 2.75) is 38.8 Å². The molecule has 0 bridgehead atoms. The van der Waals surface area contributed by atoms with Crippen molar-refractivity contribution in [2.24, 2.45) is 5.92 Å². The Kier molecular flexibility index (Phi) is 5.16. The summed E-state index contributed by atoms with van der Waals surface area (Å²) in [5.74, 6) is -1.11. The first-order valence-electron chi connectivity index (χ1n) is 4.51. The molecule has 3 unspecified atom stereocenters. The highest BCUT2D eigenvalue weighted by Crippen LogP contribution is 2.13. The summed E-state index contributed by atoms with van der Waals surface area (Å²) in [6.45, 7) is 4.39. The highest BCUT2D eigenvalue weighted by atomic mass is 32.2. The maximum Gasteiger partial charge on any atom is 0.309 e. The van der Waals surface area contributed by atoms with Gasteiger partial charge in [-0.25, -0.2) is 4.39 Å². The van der Waals surface area contributed by atoms with Gasteiger partial charge in [0.2, 0.25) is 0 Å². The number of hydrogen-bond acceptors (Lipinski definition) is 4. The van der Waals surface area contributed by atoms with E-state index in [1.165, 1.54) is 0 Å². The van der Waals surface area contributed by atoms with Gasteiger partial charge in [-0.3, -0.25) is 9.35 Å². The lowest BCUT2D eigenvalue weighted by atomic mass is 10.1. The van der Waals surface area contributed by atoms with Gasteiger partial charge in [-0.1, -0.05) is 13.8 Å². The van der Waals surface area contributed by atoms with Gasteiger partial charge < -0.3 is 4.74 Å². The predicted molar refractivity (Wildman–Crippen MR) is 51.5 cm³/mol. The minimum Gasteiger partial charge on any atom is -0.458 e. The molecule has 0 spiro atoms. The van der Waals surface area contributed by atoms with Crippen molar-refractivity contribution in [3.8, 4) is 0 Å². The average Bonchev–Trinajstić information content (AvgIpc) is 2.13. The van der Waals surface area contributed by atoms with E-state index in [0.717, 1.165) is 6.92 Å². The molecule has 0 aliphatic rings. The summed E-state index contributed by atoms with van der Waals surface area (Å²) in [7, 11) is -4.82. The molecule has 0 aromatic heterocycles. The van der Waals surface area contributed by atoms with E-state index in [9.17, 15) is 17.6 Å². The van der Waals surface area contributed by atoms with Crippen LogP contribution in [-0.4, -0.2) is 30.5 Å². The Balaban J connectivity index is 4.38. The molecule has 0 aliphatic carbocycles. The van der Waals surface area contributed by atoms with Gasteiger partial charge in [0, 0.05) is 0 Å². The zero-order valence-corrected chi connectivity index (χ0v) is 9.62. The standard InChI is InChI=1S/C8H15FO5S/c1-4-5(2)8(10)14-6(3)7(9)15(11,12)13/h5-7H,4H2,1-3H3,(H,11,12,13). The average molecular weight is 242 g/mol. The SMILES string of the molecule is CCC(C)C(=O)OC(C)C(F)S(=O)(=O)O. The van der Waals surface area contributed by atoms with Crippen molar-refractivity contribution >= 4 is 16.1 Å². The fourth-order valence-electron chi connectivity index (χ4n) is 0.762. The van der Waals surface area contributed by atoms with E-state index < -0.39 is 33.6 Å². The van der Waals surface area contributed by atoms with Crippen LogP contribution in [0.15, 0.2) is 0 Å². The summed E-state index contributed by atoms with van der Waals surface area (Å²) in [5.41, 5.74) is -2.61. The Bertz CT molecular complexity index is 313. The molecule has 0 aromatic carbocycles. The Labute approximate surface area is 88.4 Å². The lowest BCUT2D eigenvalue weighted by molar-refractivity contribution is -0.154. The van der Waals surface area contributed by atoms with Crippen LogP contribution >= 0.6 is 0 Å². The summed E-state index contributed by atoms with van der Waals surface area (Å²) in [6, 6.07) is 0. The van der Waals surface area contributed by atoms with E-state index in [1.54, 1.807) is 13.8 Å². The normalized spacial score (nSPS) is 17.9. The van der Waals surface area contributed by atoms with Gasteiger partial charge in [-0.15, -0.1) is 0 Å². The minimum absolute atomic E-state index is 0.430. The Morgan fingerprint density at radius 2 is 1.93 bits per heavy atom. The molecule has 0 rings (SSSR count). The Morgan fingerprint density at radius 3 is 2.27 bits per heavy atom. The third-order valence-electron chi connectivity index (χ3n) is 1.97. The van der Waals surface area contributed by atoms with Crippen LogP contribution in [0.4, 0.5) is 4.39 Å². The monoisotopic (exact) mass is 242 g/mol. The van der Waals surface area contributed by atoms with E-state index in [0.29, 0.717) is 6.42 Å². The molecule has 15 heavy (non-hydrogen) atoms. The molecule has 0 saturated heterocycles. The molecule has 0 heterocycles. The molecule has 1 N–H and O–H groups in total. The van der Waals surface area contributed by atoms with Gasteiger partial charge >= 0.3 is 16.1 Å². The quantitative estimate of drug-likeness (QED) is 0.577. The van der Waals surface area contributed by atoms with Crippen molar-refractivity contribution in [2.75, 3.05) is 0 Å². The van der Waals surface area contributed by atoms with Crippen molar-refractivity contribution in [1.82, 2.24) is 0 Å². The van der Waals surface area contributed by atoms with Gasteiger partial charge in [0.05, 0.1) is 5.92 Å². The van der Waals surface area contributed by atoms with Gasteiger partial charge in [0.1, 0.15) is 6.10 Å². The molecule has 0 radical (unpaired) electrons. The van der Waals surface area contributed by atoms with Gasteiger partial charge in [0.15, 0.2) is 0 Å². The van der Waals surface area contributed by atoms with Crippen LogP contribution in [0.25, 0.3) is 0 Å². The third kappa shape index (κ3) is 4.57. The van der Waals surface area contributed by atoms with E-state index in [4.69, 9.17) is 4.55 Å². The number of carbonyl (C=O) groups excluding carboxylic acids is 1. The van der Waals surface area contributed by atoms with Gasteiger partial charge in [-0.2, -0.15) is 8.42 Å². The van der Waals surface area contributed by atoms with Crippen molar-refractivity contribution < 1.29 is 26.9 Å². The molecule has 90 valence electrons. The number of hydrogen-bond donors (Lipinski definition) is 1. The first kappa shape index (κ1) is 14.3. The second-order valence-electron chi connectivity index (χ2n) is 3.32. The third-order valence-corrected chi connectivity index (χ3v) is 2.92. The topological polar surface area (TPSA) is 80.7 Å². The minimum atomic E-state index is -4.82. The van der Waals surface area contributed by atoms with Crippen LogP contribution in [0.5, 0.6) is 0 Å². The van der Waals surface area contributed by atoms with Gasteiger partial charge in [0.25, 0.3) is 5.50 Å². The first-order valence-corrected chi connectivity index (χ1v) is 6.01. The van der Waals surface area contributed by atoms with Crippen LogP contribution in [0.2, 0.25) is 0 Å². The maximum atomic E-state index is 12.9. The van der Waals surface area contributed by atoms with E-state index in [-0.39, 0.29) is 0 Å². The summed E-state index contributed by atoms with van der Waals surface area (Å²) in [4.78, 5) is 11.2. The zero-order valence-electron chi connectivity index (χ0n) is 8.81. The van der Waals surface area contributed by atoms with E-state index >= 15 is 0 Å². The van der Waals surface area contributed by atoms with E-state index in [1.807, 2.05) is 0 Å². The zero-order chi connectivity index (χ0) is 12.2. The second kappa shape index (κ2) is 5.41. The molecule has 3 atom stereocenters. The number of alkyl halides is 1. The van der Waals surface area contributed by atoms with Crippen molar-refractivity contribution in [3.05, 3.63) is 0 Å². The maximum absolute atomic E-state index is 12.9. The predicted octanol–water partition coefficient (Wildman–Crippen LogP) is 1.15. The Hall–Kier alpha value is -0.690. The summed E-state index contributed by atoms with van der Waals surface area (Å²) in [6.07, 6.45) is -1.00. The molecule has 0 saturated carbocycles.